The molecule has 0 aromatic rings. The summed E-state index contributed by atoms with van der Waals surface area (Å²) in [5, 5.41) is 7.20. The van der Waals surface area contributed by atoms with Crippen molar-refractivity contribution in [2.75, 3.05) is 32.7 Å². The van der Waals surface area contributed by atoms with E-state index in [-0.39, 0.29) is 0 Å². The third kappa shape index (κ3) is 4.04. The van der Waals surface area contributed by atoms with Gasteiger partial charge in [0.05, 0.1) is 0 Å². The zero-order valence-corrected chi connectivity index (χ0v) is 10.7. The predicted octanol–water partition coefficient (Wildman–Crippen LogP) is 1.20. The standard InChI is InChI=1S/C13H27N3/c1-12(11-16-9-3-2-4-10-16)15-13-5-7-14-8-6-13/h12-15H,2-11H2,1H3. The van der Waals surface area contributed by atoms with Crippen LogP contribution in [0.2, 0.25) is 0 Å². The molecule has 2 rings (SSSR count). The zero-order chi connectivity index (χ0) is 11.2. The first-order chi connectivity index (χ1) is 7.84. The Hall–Kier alpha value is -0.120. The van der Waals surface area contributed by atoms with Crippen molar-refractivity contribution < 1.29 is 0 Å². The van der Waals surface area contributed by atoms with Gasteiger partial charge in [-0.1, -0.05) is 6.42 Å². The van der Waals surface area contributed by atoms with Crippen molar-refractivity contribution in [3.63, 3.8) is 0 Å². The fourth-order valence-electron chi connectivity index (χ4n) is 2.97. The van der Waals surface area contributed by atoms with Crippen LogP contribution in [0.1, 0.15) is 39.0 Å². The van der Waals surface area contributed by atoms with Crippen molar-refractivity contribution in [2.45, 2.75) is 51.1 Å². The van der Waals surface area contributed by atoms with Crippen LogP contribution in [0.15, 0.2) is 0 Å². The van der Waals surface area contributed by atoms with Crippen molar-refractivity contribution in [2.24, 2.45) is 0 Å². The summed E-state index contributed by atoms with van der Waals surface area (Å²) in [5.74, 6) is 0. The van der Waals surface area contributed by atoms with Gasteiger partial charge in [0.25, 0.3) is 0 Å². The number of likely N-dealkylation sites (tertiary alicyclic amines) is 1. The van der Waals surface area contributed by atoms with Gasteiger partial charge in [-0.05, 0) is 58.8 Å². The first-order valence-electron chi connectivity index (χ1n) is 7.04. The number of nitrogens with zero attached hydrogens (tertiary/aromatic N) is 1. The van der Waals surface area contributed by atoms with E-state index in [2.05, 4.69) is 22.5 Å². The molecule has 2 N–H and O–H groups in total. The molecule has 0 aromatic heterocycles. The van der Waals surface area contributed by atoms with E-state index in [1.807, 2.05) is 0 Å². The second-order valence-electron chi connectivity index (χ2n) is 5.45. The molecule has 0 bridgehead atoms. The molecule has 2 heterocycles. The largest absolute Gasteiger partial charge is 0.317 e. The van der Waals surface area contributed by atoms with Crippen molar-refractivity contribution in [3.8, 4) is 0 Å². The third-order valence-electron chi connectivity index (χ3n) is 3.84. The Morgan fingerprint density at radius 3 is 2.56 bits per heavy atom. The van der Waals surface area contributed by atoms with E-state index in [9.17, 15) is 0 Å². The smallest absolute Gasteiger partial charge is 0.0169 e. The molecular formula is C13H27N3. The highest BCUT2D eigenvalue weighted by Gasteiger charge is 2.17. The Balaban J connectivity index is 1.64. The second kappa shape index (κ2) is 6.58. The molecule has 2 fully saturated rings. The van der Waals surface area contributed by atoms with Crippen LogP contribution in [0.4, 0.5) is 0 Å². The molecule has 3 nitrogen and oxygen atoms in total. The fourth-order valence-corrected chi connectivity index (χ4v) is 2.97. The van der Waals surface area contributed by atoms with Gasteiger partial charge in [-0.15, -0.1) is 0 Å². The van der Waals surface area contributed by atoms with E-state index < -0.39 is 0 Å². The van der Waals surface area contributed by atoms with E-state index in [1.165, 1.54) is 64.8 Å². The Morgan fingerprint density at radius 1 is 1.19 bits per heavy atom. The van der Waals surface area contributed by atoms with Crippen molar-refractivity contribution >= 4 is 0 Å². The first kappa shape index (κ1) is 12.3. The topological polar surface area (TPSA) is 27.3 Å². The molecular weight excluding hydrogens is 198 g/mol. The lowest BCUT2D eigenvalue weighted by atomic mass is 10.1. The minimum absolute atomic E-state index is 0.654. The van der Waals surface area contributed by atoms with Gasteiger partial charge in [-0.2, -0.15) is 0 Å². The molecule has 0 amide bonds. The minimum Gasteiger partial charge on any atom is -0.317 e. The normalized spacial score (nSPS) is 26.8. The zero-order valence-electron chi connectivity index (χ0n) is 10.7. The summed E-state index contributed by atoms with van der Waals surface area (Å²) in [7, 11) is 0. The van der Waals surface area contributed by atoms with Gasteiger partial charge in [-0.25, -0.2) is 0 Å². The lowest BCUT2D eigenvalue weighted by Gasteiger charge is -2.32. The Morgan fingerprint density at radius 2 is 1.88 bits per heavy atom. The maximum absolute atomic E-state index is 3.78. The molecule has 0 aromatic carbocycles. The van der Waals surface area contributed by atoms with Gasteiger partial charge in [0.15, 0.2) is 0 Å². The summed E-state index contributed by atoms with van der Waals surface area (Å²) in [6.45, 7) is 8.60. The Labute approximate surface area is 100.0 Å². The van der Waals surface area contributed by atoms with Crippen LogP contribution in [0.5, 0.6) is 0 Å². The molecule has 2 aliphatic heterocycles. The minimum atomic E-state index is 0.654. The van der Waals surface area contributed by atoms with Gasteiger partial charge >= 0.3 is 0 Å². The van der Waals surface area contributed by atoms with Crippen LogP contribution in [0, 0.1) is 0 Å². The first-order valence-corrected chi connectivity index (χ1v) is 7.04. The summed E-state index contributed by atoms with van der Waals surface area (Å²) in [6, 6.07) is 1.40. The molecule has 3 heteroatoms. The summed E-state index contributed by atoms with van der Waals surface area (Å²) < 4.78 is 0. The lowest BCUT2D eigenvalue weighted by molar-refractivity contribution is 0.200. The summed E-state index contributed by atoms with van der Waals surface area (Å²) in [6.07, 6.45) is 6.83. The van der Waals surface area contributed by atoms with Crippen molar-refractivity contribution in [3.05, 3.63) is 0 Å². The molecule has 0 saturated carbocycles. The molecule has 0 aliphatic carbocycles. The van der Waals surface area contributed by atoms with Crippen LogP contribution in [-0.4, -0.2) is 49.7 Å². The second-order valence-corrected chi connectivity index (χ2v) is 5.45. The maximum atomic E-state index is 3.78. The highest BCUT2D eigenvalue weighted by molar-refractivity contribution is 4.79. The van der Waals surface area contributed by atoms with E-state index in [0.717, 1.165) is 6.04 Å². The van der Waals surface area contributed by atoms with Gasteiger partial charge in [0.2, 0.25) is 0 Å². The van der Waals surface area contributed by atoms with Crippen molar-refractivity contribution in [1.29, 1.82) is 0 Å². The monoisotopic (exact) mass is 225 g/mol. The molecule has 1 unspecified atom stereocenters. The van der Waals surface area contributed by atoms with Crippen molar-refractivity contribution in [1.82, 2.24) is 15.5 Å². The number of nitrogens with one attached hydrogen (secondary N) is 2. The lowest BCUT2D eigenvalue weighted by Crippen LogP contribution is -2.48. The molecule has 2 saturated heterocycles. The van der Waals surface area contributed by atoms with E-state index in [1.54, 1.807) is 0 Å². The SMILES string of the molecule is CC(CN1CCCCC1)NC1CCNCC1. The third-order valence-corrected chi connectivity index (χ3v) is 3.84. The highest BCUT2D eigenvalue weighted by atomic mass is 15.2. The van der Waals surface area contributed by atoms with E-state index >= 15 is 0 Å². The van der Waals surface area contributed by atoms with E-state index in [0.29, 0.717) is 6.04 Å². The fraction of sp³-hybridized carbons (Fsp3) is 1.00. The van der Waals surface area contributed by atoms with Gasteiger partial charge in [-0.3, -0.25) is 0 Å². The Bertz CT molecular complexity index is 164. The van der Waals surface area contributed by atoms with Crippen LogP contribution in [0.3, 0.4) is 0 Å². The predicted molar refractivity (Wildman–Crippen MR) is 68.8 cm³/mol. The molecule has 1 atom stereocenters. The molecule has 16 heavy (non-hydrogen) atoms. The molecule has 0 radical (unpaired) electrons. The number of hydrogen-bond donors (Lipinski definition) is 2. The van der Waals surface area contributed by atoms with Crippen LogP contribution in [-0.2, 0) is 0 Å². The number of rotatable bonds is 4. The summed E-state index contributed by atoms with van der Waals surface area (Å²) in [5.41, 5.74) is 0. The Kier molecular flexibility index (Phi) is 5.07. The average molecular weight is 225 g/mol. The van der Waals surface area contributed by atoms with Crippen LogP contribution >= 0.6 is 0 Å². The average Bonchev–Trinajstić information content (AvgIpc) is 2.31. The molecule has 94 valence electrons. The van der Waals surface area contributed by atoms with Crippen LogP contribution in [0.25, 0.3) is 0 Å². The van der Waals surface area contributed by atoms with Gasteiger partial charge in [0.1, 0.15) is 0 Å². The highest BCUT2D eigenvalue weighted by Crippen LogP contribution is 2.10. The quantitative estimate of drug-likeness (QED) is 0.753. The van der Waals surface area contributed by atoms with E-state index in [4.69, 9.17) is 0 Å². The van der Waals surface area contributed by atoms with Gasteiger partial charge < -0.3 is 15.5 Å². The number of hydrogen-bond acceptors (Lipinski definition) is 3. The summed E-state index contributed by atoms with van der Waals surface area (Å²) in [4.78, 5) is 2.63. The number of piperidine rings is 2. The maximum Gasteiger partial charge on any atom is 0.0169 e. The summed E-state index contributed by atoms with van der Waals surface area (Å²) >= 11 is 0. The van der Waals surface area contributed by atoms with Crippen LogP contribution < -0.4 is 10.6 Å². The molecule has 0 spiro atoms. The molecule has 2 aliphatic rings. The van der Waals surface area contributed by atoms with Gasteiger partial charge in [0, 0.05) is 18.6 Å².